The Kier molecular flexibility index (Phi) is 3.16. The molecule has 4 nitrogen and oxygen atoms in total. The molecular weight excluding hydrogens is 282 g/mol. The Morgan fingerprint density at radius 1 is 1.65 bits per heavy atom. The molecule has 0 bridgehead atoms. The predicted octanol–water partition coefficient (Wildman–Crippen LogP) is 1.73. The average Bonchev–Trinajstić information content (AvgIpc) is 3.04. The Balaban J connectivity index is 2.18. The summed E-state index contributed by atoms with van der Waals surface area (Å²) in [5.41, 5.74) is 7.25. The molecule has 94 valence electrons. The van der Waals surface area contributed by atoms with E-state index in [1.165, 1.54) is 0 Å². The van der Waals surface area contributed by atoms with E-state index in [1.807, 2.05) is 20.9 Å². The number of hydrogen-bond acceptors (Lipinski definition) is 3. The van der Waals surface area contributed by atoms with E-state index >= 15 is 0 Å². The van der Waals surface area contributed by atoms with E-state index in [9.17, 15) is 4.79 Å². The zero-order valence-electron chi connectivity index (χ0n) is 10.5. The Morgan fingerprint density at radius 2 is 2.24 bits per heavy atom. The highest BCUT2D eigenvalue weighted by atomic mass is 79.9. The van der Waals surface area contributed by atoms with Crippen molar-refractivity contribution < 1.29 is 4.79 Å². The van der Waals surface area contributed by atoms with Crippen molar-refractivity contribution >= 4 is 21.7 Å². The van der Waals surface area contributed by atoms with Gasteiger partial charge in [-0.05, 0) is 48.5 Å². The first-order chi connectivity index (χ1) is 7.84. The highest BCUT2D eigenvalue weighted by Crippen LogP contribution is 2.39. The Morgan fingerprint density at radius 3 is 2.65 bits per heavy atom. The number of hydrogen-bond donors (Lipinski definition) is 1. The van der Waals surface area contributed by atoms with Gasteiger partial charge >= 0.3 is 0 Å². The molecule has 1 aliphatic rings. The fourth-order valence-corrected chi connectivity index (χ4v) is 2.60. The van der Waals surface area contributed by atoms with Crippen LogP contribution >= 0.6 is 15.9 Å². The van der Waals surface area contributed by atoms with Crippen LogP contribution < -0.4 is 5.73 Å². The maximum Gasteiger partial charge on any atom is 0.158 e. The first-order valence-electron chi connectivity index (χ1n) is 5.84. The molecule has 1 aliphatic carbocycles. The average molecular weight is 300 g/mol. The summed E-state index contributed by atoms with van der Waals surface area (Å²) in [5, 5.41) is 4.28. The van der Waals surface area contributed by atoms with Crippen LogP contribution in [0.15, 0.2) is 4.47 Å². The van der Waals surface area contributed by atoms with Crippen molar-refractivity contribution in [1.82, 2.24) is 9.78 Å². The van der Waals surface area contributed by atoms with Crippen LogP contribution in [0.1, 0.15) is 31.2 Å². The maximum atomic E-state index is 12.2. The van der Waals surface area contributed by atoms with Crippen molar-refractivity contribution in [2.45, 2.75) is 38.6 Å². The van der Waals surface area contributed by atoms with Crippen LogP contribution in [0.3, 0.4) is 0 Å². The molecule has 1 fully saturated rings. The molecule has 2 N–H and O–H groups in total. The van der Waals surface area contributed by atoms with Crippen molar-refractivity contribution in [1.29, 1.82) is 0 Å². The molecule has 2 rings (SSSR count). The summed E-state index contributed by atoms with van der Waals surface area (Å²) >= 11 is 3.47. The number of aryl methyl sites for hydroxylation is 2. The van der Waals surface area contributed by atoms with Gasteiger partial charge in [0, 0.05) is 7.05 Å². The molecule has 0 amide bonds. The van der Waals surface area contributed by atoms with Crippen molar-refractivity contribution in [2.24, 2.45) is 18.7 Å². The van der Waals surface area contributed by atoms with Gasteiger partial charge in [0.15, 0.2) is 5.78 Å². The molecule has 17 heavy (non-hydrogen) atoms. The van der Waals surface area contributed by atoms with Gasteiger partial charge in [-0.15, -0.1) is 0 Å². The van der Waals surface area contributed by atoms with Gasteiger partial charge in [-0.3, -0.25) is 9.48 Å². The second-order valence-electron chi connectivity index (χ2n) is 5.13. The minimum atomic E-state index is -0.683. The van der Waals surface area contributed by atoms with Gasteiger partial charge in [-0.2, -0.15) is 5.10 Å². The summed E-state index contributed by atoms with van der Waals surface area (Å²) in [6, 6.07) is 0. The Labute approximate surface area is 110 Å². The predicted molar refractivity (Wildman–Crippen MR) is 69.7 cm³/mol. The molecule has 0 aromatic carbocycles. The second-order valence-corrected chi connectivity index (χ2v) is 5.92. The number of rotatable bonds is 4. The van der Waals surface area contributed by atoms with Gasteiger partial charge in [0.2, 0.25) is 0 Å². The smallest absolute Gasteiger partial charge is 0.158 e. The highest BCUT2D eigenvalue weighted by Gasteiger charge is 2.43. The first-order valence-corrected chi connectivity index (χ1v) is 6.63. The fraction of sp³-hybridized carbons (Fsp3) is 0.667. The zero-order chi connectivity index (χ0) is 12.8. The number of aromatic nitrogens is 2. The van der Waals surface area contributed by atoms with Gasteiger partial charge in [-0.1, -0.05) is 0 Å². The normalized spacial score (nSPS) is 19.1. The fourth-order valence-electron chi connectivity index (χ4n) is 2.13. The zero-order valence-corrected chi connectivity index (χ0v) is 12.0. The minimum Gasteiger partial charge on any atom is -0.319 e. The number of nitrogens with zero attached hydrogens (tertiary/aromatic N) is 2. The summed E-state index contributed by atoms with van der Waals surface area (Å²) in [6.45, 7) is 3.77. The molecule has 1 saturated carbocycles. The summed E-state index contributed by atoms with van der Waals surface area (Å²) in [5.74, 6) is 0.465. The molecule has 0 aliphatic heterocycles. The van der Waals surface area contributed by atoms with E-state index in [0.29, 0.717) is 12.3 Å². The second kappa shape index (κ2) is 4.21. The van der Waals surface area contributed by atoms with E-state index in [1.54, 1.807) is 4.68 Å². The molecule has 0 saturated heterocycles. The highest BCUT2D eigenvalue weighted by molar-refractivity contribution is 9.10. The Hall–Kier alpha value is -0.680. The monoisotopic (exact) mass is 299 g/mol. The van der Waals surface area contributed by atoms with E-state index in [0.717, 1.165) is 28.7 Å². The number of Topliss-reactive ketones (excluding diaryl/α,β-unsaturated/α-hetero) is 1. The lowest BCUT2D eigenvalue weighted by Gasteiger charge is -2.22. The van der Waals surface area contributed by atoms with Gasteiger partial charge in [0.05, 0.1) is 27.8 Å². The van der Waals surface area contributed by atoms with Gasteiger partial charge in [-0.25, -0.2) is 0 Å². The quantitative estimate of drug-likeness (QED) is 0.921. The SMILES string of the molecule is Cc1nn(C)c(CC(=O)C(C)(N)C2CC2)c1Br. The van der Waals surface area contributed by atoms with Crippen LogP contribution in [0, 0.1) is 12.8 Å². The third-order valence-electron chi connectivity index (χ3n) is 3.62. The molecule has 1 unspecified atom stereocenters. The first kappa shape index (κ1) is 12.8. The summed E-state index contributed by atoms with van der Waals surface area (Å²) in [4.78, 5) is 12.2. The van der Waals surface area contributed by atoms with Crippen molar-refractivity contribution in [2.75, 3.05) is 0 Å². The number of carbonyl (C=O) groups is 1. The summed E-state index contributed by atoms with van der Waals surface area (Å²) in [6.07, 6.45) is 2.50. The molecule has 1 atom stereocenters. The maximum absolute atomic E-state index is 12.2. The van der Waals surface area contributed by atoms with Crippen LogP contribution in [0.25, 0.3) is 0 Å². The molecule has 1 aromatic rings. The van der Waals surface area contributed by atoms with Crippen LogP contribution in [0.2, 0.25) is 0 Å². The number of halogens is 1. The summed E-state index contributed by atoms with van der Waals surface area (Å²) < 4.78 is 2.67. The molecule has 1 heterocycles. The third kappa shape index (κ3) is 2.31. The molecule has 0 radical (unpaired) electrons. The lowest BCUT2D eigenvalue weighted by atomic mass is 9.89. The largest absolute Gasteiger partial charge is 0.319 e. The van der Waals surface area contributed by atoms with Crippen molar-refractivity contribution in [3.8, 4) is 0 Å². The van der Waals surface area contributed by atoms with Crippen LogP contribution in [0.4, 0.5) is 0 Å². The van der Waals surface area contributed by atoms with E-state index < -0.39 is 5.54 Å². The summed E-state index contributed by atoms with van der Waals surface area (Å²) in [7, 11) is 1.85. The lowest BCUT2D eigenvalue weighted by molar-refractivity contribution is -0.123. The van der Waals surface area contributed by atoms with E-state index in [4.69, 9.17) is 5.73 Å². The van der Waals surface area contributed by atoms with Crippen LogP contribution in [0.5, 0.6) is 0 Å². The number of nitrogens with two attached hydrogens (primary N) is 1. The number of carbonyl (C=O) groups excluding carboxylic acids is 1. The lowest BCUT2D eigenvalue weighted by Crippen LogP contribution is -2.48. The van der Waals surface area contributed by atoms with Crippen molar-refractivity contribution in [3.63, 3.8) is 0 Å². The van der Waals surface area contributed by atoms with E-state index in [2.05, 4.69) is 21.0 Å². The van der Waals surface area contributed by atoms with Gasteiger partial charge in [0.1, 0.15) is 0 Å². The minimum absolute atomic E-state index is 0.101. The van der Waals surface area contributed by atoms with Crippen LogP contribution in [-0.2, 0) is 18.3 Å². The number of ketones is 1. The third-order valence-corrected chi connectivity index (χ3v) is 4.65. The van der Waals surface area contributed by atoms with Gasteiger partial charge < -0.3 is 5.73 Å². The molecular formula is C12H18BrN3O. The van der Waals surface area contributed by atoms with Crippen LogP contribution in [-0.4, -0.2) is 21.1 Å². The molecule has 1 aromatic heterocycles. The molecule has 0 spiro atoms. The standard InChI is InChI=1S/C12H18BrN3O/c1-7-11(13)9(16(3)15-7)6-10(17)12(2,14)8-4-5-8/h8H,4-6,14H2,1-3H3. The molecule has 5 heteroatoms. The van der Waals surface area contributed by atoms with Crippen molar-refractivity contribution in [3.05, 3.63) is 15.9 Å². The topological polar surface area (TPSA) is 60.9 Å². The Bertz CT molecular complexity index is 461. The van der Waals surface area contributed by atoms with Gasteiger partial charge in [0.25, 0.3) is 0 Å². The van der Waals surface area contributed by atoms with E-state index in [-0.39, 0.29) is 5.78 Å².